The Kier molecular flexibility index (Phi) is 4.42. The number of likely N-dealkylation sites (N-methyl/N-ethyl adjacent to an activating group) is 1. The van der Waals surface area contributed by atoms with E-state index in [1.165, 1.54) is 12.1 Å². The number of amides is 1. The van der Waals surface area contributed by atoms with Gasteiger partial charge in [-0.25, -0.2) is 0 Å². The highest BCUT2D eigenvalue weighted by molar-refractivity contribution is 5.96. The van der Waals surface area contributed by atoms with Crippen LogP contribution in [0.25, 0.3) is 0 Å². The fourth-order valence-corrected chi connectivity index (χ4v) is 2.56. The molecule has 1 atom stereocenters. The van der Waals surface area contributed by atoms with E-state index in [1.54, 1.807) is 18.0 Å². The molecular formula is C14H20N4O3. The summed E-state index contributed by atoms with van der Waals surface area (Å²) in [5.41, 5.74) is 0.806. The Labute approximate surface area is 123 Å². The summed E-state index contributed by atoms with van der Waals surface area (Å²) in [6, 6.07) is 4.81. The summed E-state index contributed by atoms with van der Waals surface area (Å²) in [4.78, 5) is 26.8. The third-order valence-electron chi connectivity index (χ3n) is 3.89. The molecule has 1 saturated heterocycles. The van der Waals surface area contributed by atoms with Gasteiger partial charge in [0.25, 0.3) is 11.6 Å². The van der Waals surface area contributed by atoms with Crippen LogP contribution in [-0.4, -0.2) is 60.9 Å². The second-order valence-electron chi connectivity index (χ2n) is 5.40. The summed E-state index contributed by atoms with van der Waals surface area (Å²) in [7, 11) is 5.61. The van der Waals surface area contributed by atoms with Crippen LogP contribution in [-0.2, 0) is 0 Å². The van der Waals surface area contributed by atoms with Crippen molar-refractivity contribution >= 4 is 17.3 Å². The van der Waals surface area contributed by atoms with Crippen molar-refractivity contribution in [1.82, 2.24) is 9.80 Å². The van der Waals surface area contributed by atoms with E-state index in [4.69, 9.17) is 0 Å². The molecule has 21 heavy (non-hydrogen) atoms. The summed E-state index contributed by atoms with van der Waals surface area (Å²) in [5.74, 6) is -0.0780. The maximum atomic E-state index is 12.5. The molecule has 1 amide bonds. The van der Waals surface area contributed by atoms with Gasteiger partial charge in [-0.3, -0.25) is 14.9 Å². The Morgan fingerprint density at radius 2 is 2.19 bits per heavy atom. The third-order valence-corrected chi connectivity index (χ3v) is 3.89. The lowest BCUT2D eigenvalue weighted by Crippen LogP contribution is -2.34. The minimum atomic E-state index is -0.460. The molecule has 1 aliphatic rings. The van der Waals surface area contributed by atoms with Crippen LogP contribution < -0.4 is 5.32 Å². The number of rotatable bonds is 4. The molecule has 0 radical (unpaired) electrons. The van der Waals surface area contributed by atoms with Crippen LogP contribution in [0.4, 0.5) is 11.4 Å². The first-order chi connectivity index (χ1) is 9.93. The van der Waals surface area contributed by atoms with E-state index in [9.17, 15) is 14.9 Å². The molecule has 0 saturated carbocycles. The van der Waals surface area contributed by atoms with Crippen molar-refractivity contribution in [1.29, 1.82) is 0 Å². The monoisotopic (exact) mass is 292 g/mol. The van der Waals surface area contributed by atoms with Crippen LogP contribution >= 0.6 is 0 Å². The molecule has 0 aliphatic carbocycles. The molecule has 7 nitrogen and oxygen atoms in total. The van der Waals surface area contributed by atoms with Gasteiger partial charge in [0.15, 0.2) is 0 Å². The van der Waals surface area contributed by atoms with Crippen molar-refractivity contribution < 1.29 is 9.72 Å². The number of anilines is 1. The Morgan fingerprint density at radius 3 is 2.71 bits per heavy atom. The summed E-state index contributed by atoms with van der Waals surface area (Å²) in [5, 5.41) is 13.7. The van der Waals surface area contributed by atoms with Crippen LogP contribution in [0.15, 0.2) is 18.2 Å². The molecule has 1 fully saturated rings. The maximum Gasteiger partial charge on any atom is 0.292 e. The average Bonchev–Trinajstić information content (AvgIpc) is 2.95. The first kappa shape index (κ1) is 15.2. The van der Waals surface area contributed by atoms with Crippen LogP contribution in [0, 0.1) is 10.1 Å². The molecule has 0 aromatic heterocycles. The molecule has 7 heteroatoms. The molecule has 1 unspecified atom stereocenters. The first-order valence-electron chi connectivity index (χ1n) is 6.86. The molecule has 0 bridgehead atoms. The normalized spacial score (nSPS) is 18.1. The van der Waals surface area contributed by atoms with Crippen molar-refractivity contribution in [3.05, 3.63) is 33.9 Å². The van der Waals surface area contributed by atoms with E-state index in [0.29, 0.717) is 30.4 Å². The number of carbonyl (C=O) groups excluding carboxylic acids is 1. The molecule has 1 N–H and O–H groups in total. The highest BCUT2D eigenvalue weighted by atomic mass is 16.6. The van der Waals surface area contributed by atoms with Gasteiger partial charge in [-0.2, -0.15) is 0 Å². The van der Waals surface area contributed by atoms with Gasteiger partial charge in [-0.05, 0) is 32.6 Å². The first-order valence-corrected chi connectivity index (χ1v) is 6.86. The maximum absolute atomic E-state index is 12.5. The molecule has 1 aromatic rings. The van der Waals surface area contributed by atoms with Crippen LogP contribution in [0.1, 0.15) is 16.8 Å². The molecule has 2 rings (SSSR count). The van der Waals surface area contributed by atoms with Crippen molar-refractivity contribution in [3.63, 3.8) is 0 Å². The third kappa shape index (κ3) is 3.13. The van der Waals surface area contributed by atoms with Gasteiger partial charge >= 0.3 is 0 Å². The standard InChI is InChI=1S/C14H20N4O3/c1-15-12-8-10(4-5-13(12)18(20)21)14(19)17-7-6-11(9-17)16(2)3/h4-5,8,11,15H,6-7,9H2,1-3H3. The van der Waals surface area contributed by atoms with Crippen molar-refractivity contribution in [3.8, 4) is 0 Å². The van der Waals surface area contributed by atoms with E-state index < -0.39 is 4.92 Å². The fourth-order valence-electron chi connectivity index (χ4n) is 2.56. The van der Waals surface area contributed by atoms with Crippen LogP contribution in [0.3, 0.4) is 0 Å². The highest BCUT2D eigenvalue weighted by Crippen LogP contribution is 2.26. The summed E-state index contributed by atoms with van der Waals surface area (Å²) in [6.07, 6.45) is 0.949. The number of benzene rings is 1. The Bertz CT molecular complexity index is 559. The Balaban J connectivity index is 2.19. The largest absolute Gasteiger partial charge is 0.383 e. The smallest absolute Gasteiger partial charge is 0.292 e. The second kappa shape index (κ2) is 6.09. The SMILES string of the molecule is CNc1cc(C(=O)N2CCC(N(C)C)C2)ccc1[N+](=O)[O-]. The number of nitrogens with zero attached hydrogens (tertiary/aromatic N) is 3. The lowest BCUT2D eigenvalue weighted by atomic mass is 10.1. The molecule has 114 valence electrons. The number of nitro groups is 1. The summed E-state index contributed by atoms with van der Waals surface area (Å²) in [6.45, 7) is 1.41. The number of likely N-dealkylation sites (tertiary alicyclic amines) is 1. The van der Waals surface area contributed by atoms with E-state index in [0.717, 1.165) is 6.42 Å². The van der Waals surface area contributed by atoms with Gasteiger partial charge in [-0.15, -0.1) is 0 Å². The van der Waals surface area contributed by atoms with Crippen molar-refractivity contribution in [2.75, 3.05) is 39.5 Å². The number of carbonyl (C=O) groups is 1. The molecule has 0 spiro atoms. The zero-order valence-corrected chi connectivity index (χ0v) is 12.5. The number of nitro benzene ring substituents is 1. The predicted molar refractivity (Wildman–Crippen MR) is 80.6 cm³/mol. The minimum absolute atomic E-state index is 0.0263. The van der Waals surface area contributed by atoms with Crippen LogP contribution in [0.5, 0.6) is 0 Å². The number of nitrogens with one attached hydrogen (secondary N) is 1. The zero-order chi connectivity index (χ0) is 15.6. The highest BCUT2D eigenvalue weighted by Gasteiger charge is 2.28. The number of hydrogen-bond donors (Lipinski definition) is 1. The van der Waals surface area contributed by atoms with Gasteiger partial charge in [0.05, 0.1) is 4.92 Å². The summed E-state index contributed by atoms with van der Waals surface area (Å²) >= 11 is 0. The van der Waals surface area contributed by atoms with E-state index in [1.807, 2.05) is 14.1 Å². The average molecular weight is 292 g/mol. The molecular weight excluding hydrogens is 272 g/mol. The van der Waals surface area contributed by atoms with Crippen LogP contribution in [0.2, 0.25) is 0 Å². The fraction of sp³-hybridized carbons (Fsp3) is 0.500. The molecule has 1 heterocycles. The summed E-state index contributed by atoms with van der Waals surface area (Å²) < 4.78 is 0. The quantitative estimate of drug-likeness (QED) is 0.670. The zero-order valence-electron chi connectivity index (χ0n) is 12.5. The minimum Gasteiger partial charge on any atom is -0.383 e. The number of hydrogen-bond acceptors (Lipinski definition) is 5. The Morgan fingerprint density at radius 1 is 1.48 bits per heavy atom. The lowest BCUT2D eigenvalue weighted by Gasteiger charge is -2.20. The molecule has 1 aliphatic heterocycles. The van der Waals surface area contributed by atoms with Gasteiger partial charge in [-0.1, -0.05) is 0 Å². The topological polar surface area (TPSA) is 78.7 Å². The van der Waals surface area contributed by atoms with Gasteiger partial charge in [0.1, 0.15) is 5.69 Å². The van der Waals surface area contributed by atoms with Crippen molar-refractivity contribution in [2.45, 2.75) is 12.5 Å². The van der Waals surface area contributed by atoms with Gasteiger partial charge in [0.2, 0.25) is 0 Å². The van der Waals surface area contributed by atoms with Gasteiger partial charge < -0.3 is 15.1 Å². The van der Waals surface area contributed by atoms with E-state index in [-0.39, 0.29) is 11.6 Å². The second-order valence-corrected chi connectivity index (χ2v) is 5.40. The molecule has 1 aromatic carbocycles. The van der Waals surface area contributed by atoms with Crippen molar-refractivity contribution in [2.24, 2.45) is 0 Å². The van der Waals surface area contributed by atoms with Gasteiger partial charge in [0, 0.05) is 37.8 Å². The van der Waals surface area contributed by atoms with E-state index in [2.05, 4.69) is 10.2 Å². The lowest BCUT2D eigenvalue weighted by molar-refractivity contribution is -0.383. The predicted octanol–water partition coefficient (Wildman–Crippen LogP) is 1.41. The van der Waals surface area contributed by atoms with E-state index >= 15 is 0 Å². The Hall–Kier alpha value is -2.15.